The van der Waals surface area contributed by atoms with Gasteiger partial charge in [-0.1, -0.05) is 9.39 Å². The van der Waals surface area contributed by atoms with Crippen LogP contribution in [-0.4, -0.2) is 30.5 Å². The number of hydrogen-bond acceptors (Lipinski definition) is 3. The highest BCUT2D eigenvalue weighted by atomic mass is 31.0. The summed E-state index contributed by atoms with van der Waals surface area (Å²) in [6, 6.07) is 2.06. The quantitative estimate of drug-likeness (QED) is 0.449. The van der Waals surface area contributed by atoms with Crippen LogP contribution in [0.15, 0.2) is 0 Å². The molecule has 1 aliphatic rings. The third-order valence-electron chi connectivity index (χ3n) is 1.24. The van der Waals surface area contributed by atoms with Crippen LogP contribution in [0.25, 0.3) is 0 Å². The minimum Gasteiger partial charge on any atom is -0.361 e. The van der Waals surface area contributed by atoms with E-state index in [1.54, 1.807) is 0 Å². The monoisotopic (exact) mass is 144 g/mol. The second kappa shape index (κ2) is 3.12. The van der Waals surface area contributed by atoms with Crippen LogP contribution < -0.4 is 0 Å². The molecule has 1 fully saturated rings. The van der Waals surface area contributed by atoms with Crippen LogP contribution in [0.2, 0.25) is 0 Å². The summed E-state index contributed by atoms with van der Waals surface area (Å²) < 4.78 is 7.09. The molecule has 0 aromatic carbocycles. The van der Waals surface area contributed by atoms with Crippen LogP contribution in [0, 0.1) is 11.3 Å². The molecule has 50 valence electrons. The molecule has 0 N–H and O–H groups in total. The van der Waals surface area contributed by atoms with Crippen molar-refractivity contribution >= 4 is 9.39 Å². The molecule has 0 radical (unpaired) electrons. The zero-order chi connectivity index (χ0) is 6.69. The second-order valence-corrected chi connectivity index (χ2v) is 2.71. The molecular weight excluding hydrogens is 135 g/mol. The molecule has 0 spiro atoms. The number of nitriles is 1. The summed E-state index contributed by atoms with van der Waals surface area (Å²) in [6.07, 6.45) is -0.226. The zero-order valence-corrected chi connectivity index (χ0v) is 6.23. The van der Waals surface area contributed by atoms with E-state index in [4.69, 9.17) is 10.00 Å². The fourth-order valence-corrected chi connectivity index (χ4v) is 1.04. The molecule has 0 aromatic rings. The lowest BCUT2D eigenvalue weighted by molar-refractivity contribution is 0.0343. The van der Waals surface area contributed by atoms with Crippen LogP contribution in [0.3, 0.4) is 0 Å². The average molecular weight is 144 g/mol. The summed E-state index contributed by atoms with van der Waals surface area (Å²) in [4.78, 5) is 0. The van der Waals surface area contributed by atoms with Gasteiger partial charge in [0.2, 0.25) is 0 Å². The highest BCUT2D eigenvalue weighted by Gasteiger charge is 2.15. The first-order valence-electron chi connectivity index (χ1n) is 2.84. The normalized spacial score (nSPS) is 29.6. The summed E-state index contributed by atoms with van der Waals surface area (Å²) in [6.45, 7) is 2.28. The van der Waals surface area contributed by atoms with E-state index in [9.17, 15) is 0 Å². The van der Waals surface area contributed by atoms with Crippen LogP contribution in [0.1, 0.15) is 0 Å². The first kappa shape index (κ1) is 6.95. The Morgan fingerprint density at radius 3 is 3.00 bits per heavy atom. The first-order valence-corrected chi connectivity index (χ1v) is 3.35. The van der Waals surface area contributed by atoms with Gasteiger partial charge in [0, 0.05) is 13.1 Å². The second-order valence-electron chi connectivity index (χ2n) is 1.98. The van der Waals surface area contributed by atoms with E-state index < -0.39 is 0 Å². The number of rotatable bonds is 0. The Hall–Kier alpha value is -0.160. The fourth-order valence-electron chi connectivity index (χ4n) is 0.747. The van der Waals surface area contributed by atoms with E-state index in [0.29, 0.717) is 13.2 Å². The van der Waals surface area contributed by atoms with E-state index >= 15 is 0 Å². The van der Waals surface area contributed by atoms with Crippen molar-refractivity contribution < 1.29 is 4.74 Å². The molecule has 1 heterocycles. The van der Waals surface area contributed by atoms with Gasteiger partial charge in [-0.05, 0) is 0 Å². The van der Waals surface area contributed by atoms with Crippen molar-refractivity contribution in [3.8, 4) is 6.07 Å². The first-order chi connectivity index (χ1) is 4.33. The molecule has 1 saturated heterocycles. The van der Waals surface area contributed by atoms with Crippen molar-refractivity contribution in [1.82, 2.24) is 4.67 Å². The standard InChI is InChI=1S/C5H9N2OP/c6-3-5-4-7(9)1-2-8-5/h5H,1-2,4,9H2. The predicted molar refractivity (Wildman–Crippen MR) is 36.6 cm³/mol. The van der Waals surface area contributed by atoms with Crippen molar-refractivity contribution in [3.63, 3.8) is 0 Å². The van der Waals surface area contributed by atoms with Gasteiger partial charge in [0.15, 0.2) is 6.10 Å². The molecule has 0 amide bonds. The van der Waals surface area contributed by atoms with Crippen molar-refractivity contribution in [1.29, 1.82) is 5.26 Å². The van der Waals surface area contributed by atoms with Gasteiger partial charge in [-0.3, -0.25) is 4.67 Å². The predicted octanol–water partition coefficient (Wildman–Crippen LogP) is 0.000880. The zero-order valence-electron chi connectivity index (χ0n) is 5.08. The van der Waals surface area contributed by atoms with Crippen molar-refractivity contribution in [2.24, 2.45) is 0 Å². The lowest BCUT2D eigenvalue weighted by Crippen LogP contribution is -2.35. The summed E-state index contributed by atoms with van der Waals surface area (Å²) in [5, 5.41) is 8.40. The number of ether oxygens (including phenoxy) is 1. The maximum absolute atomic E-state index is 8.40. The summed E-state index contributed by atoms with van der Waals surface area (Å²) >= 11 is 0. The molecule has 4 heteroatoms. The van der Waals surface area contributed by atoms with Gasteiger partial charge < -0.3 is 4.74 Å². The molecule has 1 aliphatic heterocycles. The SMILES string of the molecule is N#CC1CN(P)CCO1. The van der Waals surface area contributed by atoms with Crippen LogP contribution in [0.5, 0.6) is 0 Å². The van der Waals surface area contributed by atoms with Crippen molar-refractivity contribution in [2.45, 2.75) is 6.10 Å². The Kier molecular flexibility index (Phi) is 2.41. The van der Waals surface area contributed by atoms with E-state index in [1.807, 2.05) is 4.67 Å². The summed E-state index contributed by atoms with van der Waals surface area (Å²) in [5.74, 6) is 0. The largest absolute Gasteiger partial charge is 0.361 e. The lowest BCUT2D eigenvalue weighted by Gasteiger charge is -2.25. The highest BCUT2D eigenvalue weighted by Crippen LogP contribution is 2.07. The van der Waals surface area contributed by atoms with Gasteiger partial charge in [-0.2, -0.15) is 5.26 Å². The van der Waals surface area contributed by atoms with Crippen LogP contribution in [-0.2, 0) is 4.74 Å². The van der Waals surface area contributed by atoms with Gasteiger partial charge in [-0.25, -0.2) is 0 Å². The third-order valence-corrected chi connectivity index (χ3v) is 1.71. The van der Waals surface area contributed by atoms with Gasteiger partial charge in [0.05, 0.1) is 12.7 Å². The highest BCUT2D eigenvalue weighted by molar-refractivity contribution is 7.13. The van der Waals surface area contributed by atoms with Gasteiger partial charge in [0.25, 0.3) is 0 Å². The Balaban J connectivity index is 2.34. The topological polar surface area (TPSA) is 36.3 Å². The van der Waals surface area contributed by atoms with Gasteiger partial charge in [-0.15, -0.1) is 0 Å². The molecule has 0 aromatic heterocycles. The van der Waals surface area contributed by atoms with E-state index in [1.165, 1.54) is 0 Å². The maximum Gasteiger partial charge on any atom is 0.156 e. The van der Waals surface area contributed by atoms with Crippen molar-refractivity contribution in [3.05, 3.63) is 0 Å². The van der Waals surface area contributed by atoms with Crippen molar-refractivity contribution in [2.75, 3.05) is 19.7 Å². The molecular formula is C5H9N2OP. The summed E-state index contributed by atoms with van der Waals surface area (Å²) in [5.41, 5.74) is 0. The van der Waals surface area contributed by atoms with Crippen LogP contribution in [0.4, 0.5) is 0 Å². The minimum atomic E-state index is -0.226. The minimum absolute atomic E-state index is 0.226. The van der Waals surface area contributed by atoms with Gasteiger partial charge >= 0.3 is 0 Å². The molecule has 2 unspecified atom stereocenters. The fraction of sp³-hybridized carbons (Fsp3) is 0.800. The molecule has 0 aliphatic carbocycles. The van der Waals surface area contributed by atoms with E-state index in [-0.39, 0.29) is 6.10 Å². The number of hydrogen-bond donors (Lipinski definition) is 0. The maximum atomic E-state index is 8.40. The van der Waals surface area contributed by atoms with Crippen LogP contribution >= 0.6 is 9.39 Å². The molecule has 0 saturated carbocycles. The molecule has 1 rings (SSSR count). The lowest BCUT2D eigenvalue weighted by atomic mass is 10.3. The molecule has 0 bridgehead atoms. The van der Waals surface area contributed by atoms with E-state index in [0.717, 1.165) is 6.54 Å². The Labute approximate surface area is 56.8 Å². The Bertz CT molecular complexity index is 133. The molecule has 3 nitrogen and oxygen atoms in total. The number of morpholine rings is 1. The third kappa shape index (κ3) is 1.91. The smallest absolute Gasteiger partial charge is 0.156 e. The summed E-state index contributed by atoms with van der Waals surface area (Å²) in [7, 11) is 2.56. The number of nitrogens with zero attached hydrogens (tertiary/aromatic N) is 2. The molecule has 2 atom stereocenters. The van der Waals surface area contributed by atoms with E-state index in [2.05, 4.69) is 15.5 Å². The Morgan fingerprint density at radius 2 is 2.56 bits per heavy atom. The van der Waals surface area contributed by atoms with Gasteiger partial charge in [0.1, 0.15) is 0 Å². The average Bonchev–Trinajstić information content (AvgIpc) is 1.88. The molecule has 9 heavy (non-hydrogen) atoms. The Morgan fingerprint density at radius 1 is 1.78 bits per heavy atom.